The molecule has 2 aromatic carbocycles. The van der Waals surface area contributed by atoms with Crippen LogP contribution in [0.1, 0.15) is 31.4 Å². The van der Waals surface area contributed by atoms with Gasteiger partial charge in [0.1, 0.15) is 0 Å². The Bertz CT molecular complexity index is 727. The quantitative estimate of drug-likeness (QED) is 0.652. The third-order valence-corrected chi connectivity index (χ3v) is 3.11. The molecule has 0 N–H and O–H groups in total. The molecular weight excluding hydrogens is 252 g/mol. The fraction of sp³-hybridized carbons (Fsp3) is 0.143. The van der Waals surface area contributed by atoms with Gasteiger partial charge >= 0.3 is 0 Å². The predicted octanol–water partition coefficient (Wildman–Crippen LogP) is 4.82. The Hall–Kier alpha value is -2.70. The van der Waals surface area contributed by atoms with E-state index in [0.29, 0.717) is 0 Å². The van der Waals surface area contributed by atoms with Gasteiger partial charge in [0.2, 0.25) is 0 Å². The molecule has 0 spiro atoms. The molecule has 102 valence electrons. The van der Waals surface area contributed by atoms with Gasteiger partial charge in [-0.15, -0.1) is 0 Å². The van der Waals surface area contributed by atoms with Crippen LogP contribution in [0, 0.1) is 23.7 Å². The Morgan fingerprint density at radius 2 is 1.24 bits per heavy atom. The Morgan fingerprint density at radius 3 is 1.71 bits per heavy atom. The monoisotopic (exact) mass is 270 g/mol. The smallest absolute Gasteiger partial charge is 0.0248 e. The summed E-state index contributed by atoms with van der Waals surface area (Å²) < 4.78 is 0. The number of benzene rings is 2. The average molecular weight is 270 g/mol. The largest absolute Gasteiger partial charge is 0.0654 e. The molecule has 0 nitrogen and oxygen atoms in total. The van der Waals surface area contributed by atoms with Crippen LogP contribution in [-0.2, 0) is 0 Å². The molecule has 0 atom stereocenters. The molecule has 0 saturated carbocycles. The molecule has 0 fully saturated rings. The first-order valence-corrected chi connectivity index (χ1v) is 7.13. The van der Waals surface area contributed by atoms with E-state index in [1.54, 1.807) is 0 Å². The van der Waals surface area contributed by atoms with Gasteiger partial charge < -0.3 is 0 Å². The zero-order valence-corrected chi connectivity index (χ0v) is 12.5. The van der Waals surface area contributed by atoms with Crippen LogP contribution in [-0.4, -0.2) is 0 Å². The van der Waals surface area contributed by atoms with Crippen molar-refractivity contribution >= 4 is 0 Å². The molecule has 0 aliphatic carbocycles. The van der Waals surface area contributed by atoms with Crippen LogP contribution in [0.15, 0.2) is 71.8 Å². The van der Waals surface area contributed by atoms with Crippen molar-refractivity contribution in [2.45, 2.75) is 20.3 Å². The second kappa shape index (κ2) is 7.78. The average Bonchev–Trinajstić information content (AvgIpc) is 2.55. The fourth-order valence-electron chi connectivity index (χ4n) is 1.88. The summed E-state index contributed by atoms with van der Waals surface area (Å²) >= 11 is 0. The third kappa shape index (κ3) is 4.72. The molecule has 0 heteroatoms. The summed E-state index contributed by atoms with van der Waals surface area (Å²) in [7, 11) is 0. The Kier molecular flexibility index (Phi) is 5.45. The SMILES string of the molecule is CC/C(C#Cc1ccccc1)=C(/C)C#Cc1ccccc1. The maximum atomic E-state index is 3.25. The van der Waals surface area contributed by atoms with Crippen molar-refractivity contribution < 1.29 is 0 Å². The van der Waals surface area contributed by atoms with Crippen molar-refractivity contribution in [2.75, 3.05) is 0 Å². The minimum Gasteiger partial charge on any atom is -0.0654 e. The maximum Gasteiger partial charge on any atom is 0.0248 e. The molecule has 0 aliphatic rings. The van der Waals surface area contributed by atoms with Crippen LogP contribution >= 0.6 is 0 Å². The highest BCUT2D eigenvalue weighted by molar-refractivity contribution is 5.48. The van der Waals surface area contributed by atoms with Gasteiger partial charge in [0.15, 0.2) is 0 Å². The molecular formula is C21H18. The van der Waals surface area contributed by atoms with E-state index in [9.17, 15) is 0 Å². The molecule has 0 amide bonds. The summed E-state index contributed by atoms with van der Waals surface area (Å²) in [6.45, 7) is 4.15. The van der Waals surface area contributed by atoms with Crippen LogP contribution in [0.25, 0.3) is 0 Å². The zero-order valence-electron chi connectivity index (χ0n) is 12.5. The number of rotatable bonds is 1. The summed E-state index contributed by atoms with van der Waals surface area (Å²) in [6, 6.07) is 20.1. The lowest BCUT2D eigenvalue weighted by atomic mass is 10.1. The highest BCUT2D eigenvalue weighted by Crippen LogP contribution is 2.08. The molecule has 0 radical (unpaired) electrons. The van der Waals surface area contributed by atoms with Crippen LogP contribution in [0.3, 0.4) is 0 Å². The van der Waals surface area contributed by atoms with Gasteiger partial charge in [0.05, 0.1) is 0 Å². The van der Waals surface area contributed by atoms with Gasteiger partial charge in [-0.3, -0.25) is 0 Å². The molecule has 0 unspecified atom stereocenters. The Morgan fingerprint density at radius 1 is 0.762 bits per heavy atom. The first kappa shape index (κ1) is 14.7. The summed E-state index contributed by atoms with van der Waals surface area (Å²) in [5.41, 5.74) is 4.21. The lowest BCUT2D eigenvalue weighted by Gasteiger charge is -1.96. The van der Waals surface area contributed by atoms with E-state index in [0.717, 1.165) is 28.7 Å². The molecule has 21 heavy (non-hydrogen) atoms. The van der Waals surface area contributed by atoms with Crippen molar-refractivity contribution in [2.24, 2.45) is 0 Å². The van der Waals surface area contributed by atoms with Crippen molar-refractivity contribution in [3.8, 4) is 23.7 Å². The van der Waals surface area contributed by atoms with Gasteiger partial charge in [-0.05, 0) is 37.6 Å². The normalized spacial score (nSPS) is 10.6. The minimum absolute atomic E-state index is 0.898. The second-order valence-corrected chi connectivity index (χ2v) is 4.69. The number of hydrogen-bond acceptors (Lipinski definition) is 0. The summed E-state index contributed by atoms with van der Waals surface area (Å²) in [6.07, 6.45) is 0.898. The van der Waals surface area contributed by atoms with Crippen LogP contribution in [0.2, 0.25) is 0 Å². The van der Waals surface area contributed by atoms with E-state index in [1.165, 1.54) is 0 Å². The maximum absolute atomic E-state index is 3.25. The van der Waals surface area contributed by atoms with Crippen molar-refractivity contribution in [1.82, 2.24) is 0 Å². The lowest BCUT2D eigenvalue weighted by Crippen LogP contribution is -1.83. The van der Waals surface area contributed by atoms with E-state index >= 15 is 0 Å². The Balaban J connectivity index is 2.24. The van der Waals surface area contributed by atoms with Crippen LogP contribution in [0.4, 0.5) is 0 Å². The molecule has 0 saturated heterocycles. The summed E-state index contributed by atoms with van der Waals surface area (Å²) in [5, 5.41) is 0. The van der Waals surface area contributed by atoms with Gasteiger partial charge in [0.25, 0.3) is 0 Å². The van der Waals surface area contributed by atoms with Crippen LogP contribution in [0.5, 0.6) is 0 Å². The number of allylic oxidation sites excluding steroid dienone is 2. The molecule has 2 rings (SSSR count). The van der Waals surface area contributed by atoms with Crippen molar-refractivity contribution in [3.05, 3.63) is 82.9 Å². The van der Waals surface area contributed by atoms with Crippen LogP contribution < -0.4 is 0 Å². The van der Waals surface area contributed by atoms with E-state index in [2.05, 4.69) is 30.6 Å². The van der Waals surface area contributed by atoms with Gasteiger partial charge in [0, 0.05) is 22.3 Å². The first-order valence-electron chi connectivity index (χ1n) is 7.13. The van der Waals surface area contributed by atoms with Gasteiger partial charge in [-0.1, -0.05) is 67.0 Å². The minimum atomic E-state index is 0.898. The topological polar surface area (TPSA) is 0 Å². The van der Waals surface area contributed by atoms with E-state index in [1.807, 2.05) is 67.6 Å². The highest BCUT2D eigenvalue weighted by Gasteiger charge is 1.94. The summed E-state index contributed by atoms with van der Waals surface area (Å²) in [4.78, 5) is 0. The lowest BCUT2D eigenvalue weighted by molar-refractivity contribution is 1.14. The summed E-state index contributed by atoms with van der Waals surface area (Å²) in [5.74, 6) is 12.8. The molecule has 0 bridgehead atoms. The molecule has 2 aromatic rings. The third-order valence-electron chi connectivity index (χ3n) is 3.11. The second-order valence-electron chi connectivity index (χ2n) is 4.69. The van der Waals surface area contributed by atoms with Gasteiger partial charge in [-0.2, -0.15) is 0 Å². The van der Waals surface area contributed by atoms with Crippen molar-refractivity contribution in [3.63, 3.8) is 0 Å². The zero-order chi connectivity index (χ0) is 14.9. The van der Waals surface area contributed by atoms with Crippen molar-refractivity contribution in [1.29, 1.82) is 0 Å². The van der Waals surface area contributed by atoms with E-state index < -0.39 is 0 Å². The molecule has 0 aromatic heterocycles. The number of hydrogen-bond donors (Lipinski definition) is 0. The molecule has 0 heterocycles. The fourth-order valence-corrected chi connectivity index (χ4v) is 1.88. The first-order chi connectivity index (χ1) is 10.3. The van der Waals surface area contributed by atoms with E-state index in [-0.39, 0.29) is 0 Å². The standard InChI is InChI=1S/C21H18/c1-3-21(17-16-20-12-8-5-9-13-20)18(2)14-15-19-10-6-4-7-11-19/h4-13H,3H2,1-2H3/b21-18+. The van der Waals surface area contributed by atoms with Gasteiger partial charge in [-0.25, -0.2) is 0 Å². The highest BCUT2D eigenvalue weighted by atomic mass is 14.0. The van der Waals surface area contributed by atoms with E-state index in [4.69, 9.17) is 0 Å². The Labute approximate surface area is 127 Å². The molecule has 0 aliphatic heterocycles. The predicted molar refractivity (Wildman–Crippen MR) is 89.6 cm³/mol.